The van der Waals surface area contributed by atoms with Crippen LogP contribution in [-0.4, -0.2) is 35.5 Å². The van der Waals surface area contributed by atoms with Gasteiger partial charge < -0.3 is 10.2 Å². The van der Waals surface area contributed by atoms with Crippen molar-refractivity contribution in [2.45, 2.75) is 20.8 Å². The molecule has 0 aliphatic heterocycles. The largest absolute Gasteiger partial charge is 0.355 e. The lowest BCUT2D eigenvalue weighted by atomic mass is 10.4. The molecule has 1 aromatic rings. The number of anilines is 1. The molecule has 94 valence electrons. The first kappa shape index (κ1) is 13.7. The number of carbonyl (C=O) groups excluding carboxylic acids is 1. The summed E-state index contributed by atoms with van der Waals surface area (Å²) in [6, 6.07) is 1.66. The molecule has 0 radical (unpaired) electrons. The van der Waals surface area contributed by atoms with Crippen LogP contribution in [0.25, 0.3) is 0 Å². The molecular formula is C11H17ClN4O. The van der Waals surface area contributed by atoms with Crippen LogP contribution in [0.15, 0.2) is 6.07 Å². The summed E-state index contributed by atoms with van der Waals surface area (Å²) in [5.74, 6) is 1.25. The van der Waals surface area contributed by atoms with Crippen LogP contribution in [0.4, 0.5) is 5.82 Å². The summed E-state index contributed by atoms with van der Waals surface area (Å²) in [6.07, 6.45) is 0. The van der Waals surface area contributed by atoms with Crippen LogP contribution in [0.2, 0.25) is 5.15 Å². The highest BCUT2D eigenvalue weighted by Crippen LogP contribution is 2.15. The second-order valence-corrected chi connectivity index (χ2v) is 3.95. The number of halogens is 1. The summed E-state index contributed by atoms with van der Waals surface area (Å²) in [7, 11) is 0. The van der Waals surface area contributed by atoms with E-state index in [1.807, 2.05) is 18.7 Å². The molecular weight excluding hydrogens is 240 g/mol. The minimum atomic E-state index is -0.0262. The van der Waals surface area contributed by atoms with E-state index in [4.69, 9.17) is 11.6 Å². The molecule has 0 saturated heterocycles. The number of aromatic nitrogens is 2. The molecule has 0 unspecified atom stereocenters. The maximum Gasteiger partial charge on any atom is 0.239 e. The van der Waals surface area contributed by atoms with E-state index in [0.717, 1.165) is 0 Å². The summed E-state index contributed by atoms with van der Waals surface area (Å²) >= 11 is 5.87. The molecule has 0 spiro atoms. The van der Waals surface area contributed by atoms with Crippen LogP contribution < -0.4 is 10.2 Å². The standard InChI is InChI=1S/C11H17ClN4O/c1-4-13-11(17)7-16(5-2)10-6-9(12)14-8(3)15-10/h6H,4-5,7H2,1-3H3,(H,13,17). The Hall–Kier alpha value is -1.36. The molecule has 0 saturated carbocycles. The van der Waals surface area contributed by atoms with Gasteiger partial charge in [0.25, 0.3) is 0 Å². The van der Waals surface area contributed by atoms with Gasteiger partial charge in [-0.2, -0.15) is 0 Å². The van der Waals surface area contributed by atoms with Crippen molar-refractivity contribution in [3.05, 3.63) is 17.0 Å². The molecule has 0 aromatic carbocycles. The summed E-state index contributed by atoms with van der Waals surface area (Å²) in [4.78, 5) is 21.6. The highest BCUT2D eigenvalue weighted by atomic mass is 35.5. The van der Waals surface area contributed by atoms with Gasteiger partial charge in [0, 0.05) is 19.2 Å². The summed E-state index contributed by atoms with van der Waals surface area (Å²) in [5, 5.41) is 3.14. The van der Waals surface area contributed by atoms with Crippen LogP contribution >= 0.6 is 11.6 Å². The van der Waals surface area contributed by atoms with Crippen LogP contribution in [0.3, 0.4) is 0 Å². The number of rotatable bonds is 5. The normalized spacial score (nSPS) is 10.1. The topological polar surface area (TPSA) is 58.1 Å². The fourth-order valence-electron chi connectivity index (χ4n) is 1.46. The lowest BCUT2D eigenvalue weighted by molar-refractivity contribution is -0.119. The number of likely N-dealkylation sites (N-methyl/N-ethyl adjacent to an activating group) is 2. The summed E-state index contributed by atoms with van der Waals surface area (Å²) in [6.45, 7) is 7.21. The third-order valence-corrected chi connectivity index (χ3v) is 2.40. The lowest BCUT2D eigenvalue weighted by Crippen LogP contribution is -2.37. The molecule has 0 fully saturated rings. The number of carbonyl (C=O) groups is 1. The first-order valence-electron chi connectivity index (χ1n) is 5.59. The molecule has 0 atom stereocenters. The molecule has 1 amide bonds. The molecule has 1 rings (SSSR count). The van der Waals surface area contributed by atoms with E-state index in [9.17, 15) is 4.79 Å². The molecule has 0 bridgehead atoms. The zero-order valence-electron chi connectivity index (χ0n) is 10.3. The maximum atomic E-state index is 11.5. The molecule has 5 nitrogen and oxygen atoms in total. The first-order valence-corrected chi connectivity index (χ1v) is 5.97. The smallest absolute Gasteiger partial charge is 0.239 e. The molecule has 1 N–H and O–H groups in total. The predicted molar refractivity (Wildman–Crippen MR) is 68.3 cm³/mol. The fraction of sp³-hybridized carbons (Fsp3) is 0.545. The van der Waals surface area contributed by atoms with E-state index >= 15 is 0 Å². The van der Waals surface area contributed by atoms with E-state index in [0.29, 0.717) is 29.9 Å². The van der Waals surface area contributed by atoms with Crippen LogP contribution in [-0.2, 0) is 4.79 Å². The van der Waals surface area contributed by atoms with E-state index in [2.05, 4.69) is 15.3 Å². The Morgan fingerprint density at radius 1 is 1.47 bits per heavy atom. The average Bonchev–Trinajstić information content (AvgIpc) is 2.24. The molecule has 0 aliphatic rings. The van der Waals surface area contributed by atoms with Crippen molar-refractivity contribution in [1.29, 1.82) is 0 Å². The average molecular weight is 257 g/mol. The zero-order valence-corrected chi connectivity index (χ0v) is 11.1. The van der Waals surface area contributed by atoms with Crippen molar-refractivity contribution in [1.82, 2.24) is 15.3 Å². The molecule has 1 heterocycles. The van der Waals surface area contributed by atoms with Gasteiger partial charge >= 0.3 is 0 Å². The quantitative estimate of drug-likeness (QED) is 0.809. The van der Waals surface area contributed by atoms with Gasteiger partial charge in [-0.05, 0) is 20.8 Å². The van der Waals surface area contributed by atoms with Gasteiger partial charge in [0.2, 0.25) is 5.91 Å². The number of hydrogen-bond donors (Lipinski definition) is 1. The number of hydrogen-bond acceptors (Lipinski definition) is 4. The Labute approximate surface area is 106 Å². The van der Waals surface area contributed by atoms with Gasteiger partial charge in [0.15, 0.2) is 0 Å². The second-order valence-electron chi connectivity index (χ2n) is 3.56. The van der Waals surface area contributed by atoms with Crippen molar-refractivity contribution in [3.8, 4) is 0 Å². The van der Waals surface area contributed by atoms with E-state index in [1.165, 1.54) is 0 Å². The third kappa shape index (κ3) is 4.19. The third-order valence-electron chi connectivity index (χ3n) is 2.21. The maximum absolute atomic E-state index is 11.5. The highest BCUT2D eigenvalue weighted by Gasteiger charge is 2.11. The van der Waals surface area contributed by atoms with Crippen molar-refractivity contribution in [2.24, 2.45) is 0 Å². The Morgan fingerprint density at radius 3 is 2.71 bits per heavy atom. The number of aryl methyl sites for hydroxylation is 1. The predicted octanol–water partition coefficient (Wildman–Crippen LogP) is 1.40. The Bertz CT molecular complexity index is 377. The van der Waals surface area contributed by atoms with Crippen LogP contribution in [0.1, 0.15) is 19.7 Å². The molecule has 6 heteroatoms. The lowest BCUT2D eigenvalue weighted by Gasteiger charge is -2.21. The van der Waals surface area contributed by atoms with Crippen molar-refractivity contribution < 1.29 is 4.79 Å². The molecule has 1 aromatic heterocycles. The minimum Gasteiger partial charge on any atom is -0.355 e. The Balaban J connectivity index is 2.82. The highest BCUT2D eigenvalue weighted by molar-refractivity contribution is 6.29. The van der Waals surface area contributed by atoms with Gasteiger partial charge in [-0.25, -0.2) is 9.97 Å². The monoisotopic (exact) mass is 256 g/mol. The van der Waals surface area contributed by atoms with Crippen LogP contribution in [0.5, 0.6) is 0 Å². The Morgan fingerprint density at radius 2 is 2.18 bits per heavy atom. The van der Waals surface area contributed by atoms with E-state index < -0.39 is 0 Å². The zero-order chi connectivity index (χ0) is 12.8. The number of amides is 1. The molecule has 17 heavy (non-hydrogen) atoms. The van der Waals surface area contributed by atoms with Gasteiger partial charge in [0.05, 0.1) is 6.54 Å². The summed E-state index contributed by atoms with van der Waals surface area (Å²) in [5.41, 5.74) is 0. The van der Waals surface area contributed by atoms with Crippen molar-refractivity contribution in [3.63, 3.8) is 0 Å². The second kappa shape index (κ2) is 6.39. The Kier molecular flexibility index (Phi) is 5.15. The summed E-state index contributed by atoms with van der Waals surface area (Å²) < 4.78 is 0. The van der Waals surface area contributed by atoms with Gasteiger partial charge in [-0.15, -0.1) is 0 Å². The SMILES string of the molecule is CCNC(=O)CN(CC)c1cc(Cl)nc(C)n1. The molecule has 0 aliphatic carbocycles. The number of nitrogens with zero attached hydrogens (tertiary/aromatic N) is 3. The van der Waals surface area contributed by atoms with Crippen molar-refractivity contribution >= 4 is 23.3 Å². The van der Waals surface area contributed by atoms with E-state index in [1.54, 1.807) is 13.0 Å². The van der Waals surface area contributed by atoms with Gasteiger partial charge in [-0.3, -0.25) is 4.79 Å². The number of nitrogens with one attached hydrogen (secondary N) is 1. The minimum absolute atomic E-state index is 0.0262. The van der Waals surface area contributed by atoms with Gasteiger partial charge in [0.1, 0.15) is 16.8 Å². The first-order chi connectivity index (χ1) is 8.06. The van der Waals surface area contributed by atoms with Crippen LogP contribution in [0, 0.1) is 6.92 Å². The fourth-order valence-corrected chi connectivity index (χ4v) is 1.68. The van der Waals surface area contributed by atoms with Gasteiger partial charge in [-0.1, -0.05) is 11.6 Å². The van der Waals surface area contributed by atoms with E-state index in [-0.39, 0.29) is 12.5 Å². The van der Waals surface area contributed by atoms with Crippen molar-refractivity contribution in [2.75, 3.05) is 24.5 Å².